The van der Waals surface area contributed by atoms with Crippen LogP contribution in [0.15, 0.2) is 36.4 Å². The van der Waals surface area contributed by atoms with Crippen LogP contribution in [0, 0.1) is 0 Å². The summed E-state index contributed by atoms with van der Waals surface area (Å²) in [4.78, 5) is 32.5. The Morgan fingerprint density at radius 1 is 1.04 bits per heavy atom. The Kier molecular flexibility index (Phi) is 9.17. The van der Waals surface area contributed by atoms with Gasteiger partial charge in [-0.3, -0.25) is 14.5 Å². The van der Waals surface area contributed by atoms with E-state index in [4.69, 9.17) is 0 Å². The zero-order chi connectivity index (χ0) is 20.4. The van der Waals surface area contributed by atoms with Gasteiger partial charge in [-0.05, 0) is 32.6 Å². The van der Waals surface area contributed by atoms with E-state index in [-0.39, 0.29) is 18.4 Å². The van der Waals surface area contributed by atoms with Crippen LogP contribution < -0.4 is 0 Å². The van der Waals surface area contributed by atoms with E-state index in [0.29, 0.717) is 6.54 Å². The molecule has 1 heterocycles. The summed E-state index contributed by atoms with van der Waals surface area (Å²) in [7, 11) is 4.02. The second kappa shape index (κ2) is 11.6. The zero-order valence-electron chi connectivity index (χ0n) is 17.5. The average Bonchev–Trinajstić information content (AvgIpc) is 2.68. The lowest BCUT2D eigenvalue weighted by atomic mass is 10.2. The SMILES string of the molecule is CC(=O)N(CCCN(C)C)CC(=O)N1CCN(C/C=C/c2ccccc2)CC1. The molecule has 0 radical (unpaired) electrons. The van der Waals surface area contributed by atoms with Gasteiger partial charge >= 0.3 is 0 Å². The molecule has 1 fully saturated rings. The fourth-order valence-electron chi connectivity index (χ4n) is 3.27. The first-order valence-electron chi connectivity index (χ1n) is 10.1. The summed E-state index contributed by atoms with van der Waals surface area (Å²) < 4.78 is 0. The van der Waals surface area contributed by atoms with Gasteiger partial charge in [0.2, 0.25) is 11.8 Å². The molecular formula is C22H34N4O2. The summed E-state index contributed by atoms with van der Waals surface area (Å²) in [6.45, 7) is 7.34. The van der Waals surface area contributed by atoms with Crippen LogP contribution in [-0.2, 0) is 9.59 Å². The van der Waals surface area contributed by atoms with Gasteiger partial charge in [0.1, 0.15) is 0 Å². The van der Waals surface area contributed by atoms with Gasteiger partial charge in [-0.1, -0.05) is 42.5 Å². The Morgan fingerprint density at radius 3 is 2.32 bits per heavy atom. The molecule has 28 heavy (non-hydrogen) atoms. The van der Waals surface area contributed by atoms with Crippen LogP contribution in [0.4, 0.5) is 0 Å². The van der Waals surface area contributed by atoms with Crippen LogP contribution in [0.2, 0.25) is 0 Å². The molecule has 0 unspecified atom stereocenters. The Labute approximate surface area is 169 Å². The normalized spacial score (nSPS) is 15.4. The number of piperazine rings is 1. The lowest BCUT2D eigenvalue weighted by Crippen LogP contribution is -2.51. The van der Waals surface area contributed by atoms with Crippen molar-refractivity contribution in [1.29, 1.82) is 0 Å². The molecule has 0 aliphatic carbocycles. The smallest absolute Gasteiger partial charge is 0.242 e. The molecule has 6 heteroatoms. The lowest BCUT2D eigenvalue weighted by Gasteiger charge is -2.35. The molecule has 0 N–H and O–H groups in total. The molecule has 0 atom stereocenters. The second-order valence-corrected chi connectivity index (χ2v) is 7.59. The van der Waals surface area contributed by atoms with Crippen molar-refractivity contribution in [2.24, 2.45) is 0 Å². The van der Waals surface area contributed by atoms with E-state index in [1.807, 2.05) is 37.2 Å². The monoisotopic (exact) mass is 386 g/mol. The molecule has 6 nitrogen and oxygen atoms in total. The third-order valence-corrected chi connectivity index (χ3v) is 5.00. The van der Waals surface area contributed by atoms with Gasteiger partial charge in [-0.2, -0.15) is 0 Å². The first kappa shape index (κ1) is 22.1. The number of nitrogens with zero attached hydrogens (tertiary/aromatic N) is 4. The lowest BCUT2D eigenvalue weighted by molar-refractivity contribution is -0.140. The third-order valence-electron chi connectivity index (χ3n) is 5.00. The van der Waals surface area contributed by atoms with E-state index in [1.165, 1.54) is 5.56 Å². The van der Waals surface area contributed by atoms with Crippen LogP contribution in [0.5, 0.6) is 0 Å². The number of carbonyl (C=O) groups is 2. The van der Waals surface area contributed by atoms with Crippen molar-refractivity contribution in [2.45, 2.75) is 13.3 Å². The van der Waals surface area contributed by atoms with Crippen LogP contribution in [-0.4, -0.2) is 97.9 Å². The highest BCUT2D eigenvalue weighted by molar-refractivity contribution is 5.83. The number of amides is 2. The zero-order valence-corrected chi connectivity index (χ0v) is 17.5. The Hall–Kier alpha value is -2.18. The van der Waals surface area contributed by atoms with Gasteiger partial charge < -0.3 is 14.7 Å². The summed E-state index contributed by atoms with van der Waals surface area (Å²) in [5.74, 6) is 0.0244. The summed E-state index contributed by atoms with van der Waals surface area (Å²) in [6.07, 6.45) is 5.19. The fourth-order valence-corrected chi connectivity index (χ4v) is 3.27. The standard InChI is InChI=1S/C22H34N4O2/c1-20(27)26(14-8-12-23(2)3)19-22(28)25-17-15-24(16-18-25)13-7-11-21-9-5-4-6-10-21/h4-7,9-11H,8,12-19H2,1-3H3/b11-7+. The fraction of sp³-hybridized carbons (Fsp3) is 0.545. The Morgan fingerprint density at radius 2 is 1.71 bits per heavy atom. The van der Waals surface area contributed by atoms with Crippen LogP contribution in [0.25, 0.3) is 6.08 Å². The van der Waals surface area contributed by atoms with Crippen molar-refractivity contribution in [1.82, 2.24) is 19.6 Å². The second-order valence-electron chi connectivity index (χ2n) is 7.59. The van der Waals surface area contributed by atoms with Crippen molar-refractivity contribution < 1.29 is 9.59 Å². The van der Waals surface area contributed by atoms with Crippen molar-refractivity contribution in [2.75, 3.05) is 66.5 Å². The third kappa shape index (κ3) is 7.82. The molecular weight excluding hydrogens is 352 g/mol. The van der Waals surface area contributed by atoms with Crippen molar-refractivity contribution in [3.63, 3.8) is 0 Å². The largest absolute Gasteiger partial charge is 0.339 e. The highest BCUT2D eigenvalue weighted by Gasteiger charge is 2.23. The number of carbonyl (C=O) groups excluding carboxylic acids is 2. The van der Waals surface area contributed by atoms with E-state index in [2.05, 4.69) is 34.1 Å². The molecule has 1 aromatic rings. The molecule has 1 aliphatic heterocycles. The quantitative estimate of drug-likeness (QED) is 0.647. The molecule has 1 aliphatic rings. The molecule has 0 saturated carbocycles. The molecule has 1 aromatic carbocycles. The summed E-state index contributed by atoms with van der Waals surface area (Å²) in [5, 5.41) is 0. The number of rotatable bonds is 9. The number of hydrogen-bond acceptors (Lipinski definition) is 4. The Balaban J connectivity index is 1.72. The maximum Gasteiger partial charge on any atom is 0.242 e. The molecule has 0 spiro atoms. The topological polar surface area (TPSA) is 47.1 Å². The van der Waals surface area contributed by atoms with Crippen LogP contribution in [0.1, 0.15) is 18.9 Å². The van der Waals surface area contributed by atoms with Crippen molar-refractivity contribution in [3.8, 4) is 0 Å². The maximum atomic E-state index is 12.6. The minimum atomic E-state index is -0.0307. The predicted molar refractivity (Wildman–Crippen MR) is 114 cm³/mol. The minimum absolute atomic E-state index is 0.0307. The van der Waals surface area contributed by atoms with Crippen molar-refractivity contribution >= 4 is 17.9 Å². The predicted octanol–water partition coefficient (Wildman–Crippen LogP) is 1.64. The van der Waals surface area contributed by atoms with Gasteiger partial charge in [0.15, 0.2) is 0 Å². The molecule has 2 amide bonds. The summed E-state index contributed by atoms with van der Waals surface area (Å²) >= 11 is 0. The Bertz CT molecular complexity index is 637. The molecule has 0 aromatic heterocycles. The molecule has 0 bridgehead atoms. The maximum absolute atomic E-state index is 12.6. The average molecular weight is 387 g/mol. The van der Waals surface area contributed by atoms with E-state index in [9.17, 15) is 9.59 Å². The summed E-state index contributed by atoms with van der Waals surface area (Å²) in [5.41, 5.74) is 1.20. The van der Waals surface area contributed by atoms with Gasteiger partial charge in [0.05, 0.1) is 6.54 Å². The molecule has 1 saturated heterocycles. The highest BCUT2D eigenvalue weighted by Crippen LogP contribution is 2.06. The molecule has 154 valence electrons. The van der Waals surface area contributed by atoms with E-state index >= 15 is 0 Å². The van der Waals surface area contributed by atoms with Gasteiger partial charge in [0, 0.05) is 46.2 Å². The van der Waals surface area contributed by atoms with Crippen LogP contribution in [0.3, 0.4) is 0 Å². The van der Waals surface area contributed by atoms with Crippen molar-refractivity contribution in [3.05, 3.63) is 42.0 Å². The number of benzene rings is 1. The van der Waals surface area contributed by atoms with E-state index in [0.717, 1.165) is 45.7 Å². The van der Waals surface area contributed by atoms with Gasteiger partial charge in [0.25, 0.3) is 0 Å². The molecule has 2 rings (SSSR count). The van der Waals surface area contributed by atoms with Crippen LogP contribution >= 0.6 is 0 Å². The van der Waals surface area contributed by atoms with E-state index in [1.54, 1.807) is 11.8 Å². The summed E-state index contributed by atoms with van der Waals surface area (Å²) in [6, 6.07) is 10.3. The number of hydrogen-bond donors (Lipinski definition) is 0. The van der Waals surface area contributed by atoms with Gasteiger partial charge in [-0.25, -0.2) is 0 Å². The van der Waals surface area contributed by atoms with E-state index < -0.39 is 0 Å². The first-order valence-corrected chi connectivity index (χ1v) is 10.1. The highest BCUT2D eigenvalue weighted by atomic mass is 16.2. The first-order chi connectivity index (χ1) is 13.5. The minimum Gasteiger partial charge on any atom is -0.339 e. The van der Waals surface area contributed by atoms with Gasteiger partial charge in [-0.15, -0.1) is 0 Å².